The Hall–Kier alpha value is -3.07. The number of nitriles is 1. The van der Waals surface area contributed by atoms with Gasteiger partial charge >= 0.3 is 0 Å². The average Bonchev–Trinajstić information content (AvgIpc) is 2.75. The van der Waals surface area contributed by atoms with Crippen molar-refractivity contribution < 1.29 is 15.7 Å². The summed E-state index contributed by atoms with van der Waals surface area (Å²) >= 11 is 0. The Morgan fingerprint density at radius 1 is 1.24 bits per heavy atom. The van der Waals surface area contributed by atoms with E-state index in [0.717, 1.165) is 31.4 Å². The minimum atomic E-state index is -0.0750. The first-order chi connectivity index (χ1) is 14.0. The summed E-state index contributed by atoms with van der Waals surface area (Å²) in [6.45, 7) is 4.16. The number of hydrogen-bond acceptors (Lipinski definition) is 5. The Balaban J connectivity index is 0.00000320. The zero-order chi connectivity index (χ0) is 20.8. The summed E-state index contributed by atoms with van der Waals surface area (Å²) in [4.78, 5) is 16.8. The lowest BCUT2D eigenvalue weighted by molar-refractivity contribution is 0.0893. The number of ether oxygens (including phenoxy) is 2. The summed E-state index contributed by atoms with van der Waals surface area (Å²) in [5, 5.41) is 12.2. The first kappa shape index (κ1) is 20.7. The highest BCUT2D eigenvalue weighted by molar-refractivity contribution is 5.94. The van der Waals surface area contributed by atoms with Crippen LogP contribution in [0, 0.1) is 11.3 Å². The van der Waals surface area contributed by atoms with Crippen LogP contribution in [-0.2, 0) is 0 Å². The molecule has 3 rings (SSSR count). The van der Waals surface area contributed by atoms with E-state index < -0.39 is 0 Å². The highest BCUT2D eigenvalue weighted by atomic mass is 16.5. The van der Waals surface area contributed by atoms with Gasteiger partial charge in [-0.1, -0.05) is 13.8 Å². The molecule has 1 aromatic carbocycles. The summed E-state index contributed by atoms with van der Waals surface area (Å²) < 4.78 is 11.3. The van der Waals surface area contributed by atoms with E-state index in [1.807, 2.05) is 12.1 Å². The standard InChI is InChI=1S/C23H27N3O3.H2/c1-15(2)21-11-5-17(14-25-21)23(27)26-18-6-9-19(10-7-18)29-20-8-4-16(13-24)22(12-20)28-3;/h4-5,8,11-12,14-15,18-19H,6-7,9-10H2,1-3H3,(H,26,27);1H. The van der Waals surface area contributed by atoms with Crippen LogP contribution >= 0.6 is 0 Å². The summed E-state index contributed by atoms with van der Waals surface area (Å²) in [6, 6.07) is 11.2. The number of methoxy groups -OCH3 is 1. The highest BCUT2D eigenvalue weighted by Crippen LogP contribution is 2.28. The lowest BCUT2D eigenvalue weighted by atomic mass is 9.92. The number of pyridine rings is 1. The van der Waals surface area contributed by atoms with Crippen LogP contribution < -0.4 is 14.8 Å². The van der Waals surface area contributed by atoms with Gasteiger partial charge in [0, 0.05) is 25.4 Å². The highest BCUT2D eigenvalue weighted by Gasteiger charge is 2.24. The third-order valence-corrected chi connectivity index (χ3v) is 5.25. The van der Waals surface area contributed by atoms with Crippen LogP contribution in [0.3, 0.4) is 0 Å². The molecule has 154 valence electrons. The molecule has 0 spiro atoms. The maximum absolute atomic E-state index is 12.5. The molecule has 0 atom stereocenters. The Morgan fingerprint density at radius 2 is 2.00 bits per heavy atom. The number of carbonyl (C=O) groups is 1. The normalized spacial score (nSPS) is 18.7. The average molecular weight is 396 g/mol. The van der Waals surface area contributed by atoms with Crippen LogP contribution in [0.4, 0.5) is 0 Å². The van der Waals surface area contributed by atoms with Crippen LogP contribution in [0.2, 0.25) is 0 Å². The summed E-state index contributed by atoms with van der Waals surface area (Å²) in [5.74, 6) is 1.49. The van der Waals surface area contributed by atoms with Gasteiger partial charge in [0.2, 0.25) is 0 Å². The predicted molar refractivity (Wildman–Crippen MR) is 112 cm³/mol. The molecule has 0 unspecified atom stereocenters. The van der Waals surface area contributed by atoms with Crippen molar-refractivity contribution >= 4 is 5.91 Å². The Kier molecular flexibility index (Phi) is 6.71. The molecule has 1 N–H and O–H groups in total. The molecule has 2 aromatic rings. The van der Waals surface area contributed by atoms with Crippen LogP contribution in [0.1, 0.15) is 68.5 Å². The van der Waals surface area contributed by atoms with E-state index in [1.165, 1.54) is 0 Å². The molecule has 1 aromatic heterocycles. The van der Waals surface area contributed by atoms with Gasteiger partial charge in [-0.25, -0.2) is 0 Å². The second kappa shape index (κ2) is 9.42. The van der Waals surface area contributed by atoms with Gasteiger partial charge in [-0.05, 0) is 55.9 Å². The molecular weight excluding hydrogens is 366 g/mol. The van der Waals surface area contributed by atoms with Crippen molar-refractivity contribution in [3.63, 3.8) is 0 Å². The fourth-order valence-corrected chi connectivity index (χ4v) is 3.50. The SMILES string of the molecule is COc1cc(OC2CCC(NC(=O)c3ccc(C(C)C)nc3)CC2)ccc1C#N.[HH]. The summed E-state index contributed by atoms with van der Waals surface area (Å²) in [6.07, 6.45) is 5.18. The maximum Gasteiger partial charge on any atom is 0.253 e. The van der Waals surface area contributed by atoms with Gasteiger partial charge in [-0.15, -0.1) is 0 Å². The number of nitrogens with one attached hydrogen (secondary N) is 1. The van der Waals surface area contributed by atoms with Crippen LogP contribution in [0.15, 0.2) is 36.5 Å². The zero-order valence-corrected chi connectivity index (χ0v) is 17.1. The van der Waals surface area contributed by atoms with Gasteiger partial charge in [0.25, 0.3) is 5.91 Å². The smallest absolute Gasteiger partial charge is 0.253 e. The van der Waals surface area contributed by atoms with Crippen LogP contribution in [-0.4, -0.2) is 30.1 Å². The van der Waals surface area contributed by atoms with E-state index in [1.54, 1.807) is 31.5 Å². The number of hydrogen-bond donors (Lipinski definition) is 1. The maximum atomic E-state index is 12.5. The number of aromatic nitrogens is 1. The number of amides is 1. The molecule has 0 saturated heterocycles. The van der Waals surface area contributed by atoms with Crippen molar-refractivity contribution in [1.82, 2.24) is 10.3 Å². The van der Waals surface area contributed by atoms with Crippen LogP contribution in [0.5, 0.6) is 11.5 Å². The predicted octanol–water partition coefficient (Wildman–Crippen LogP) is 4.45. The topological polar surface area (TPSA) is 84.2 Å². The molecule has 6 nitrogen and oxygen atoms in total. The molecule has 6 heteroatoms. The molecule has 1 aliphatic carbocycles. The Morgan fingerprint density at radius 3 is 2.59 bits per heavy atom. The fraction of sp³-hybridized carbons (Fsp3) is 0.435. The number of nitrogens with zero attached hydrogens (tertiary/aromatic N) is 2. The van der Waals surface area contributed by atoms with Gasteiger partial charge < -0.3 is 14.8 Å². The molecule has 1 aliphatic rings. The minimum Gasteiger partial charge on any atom is -0.495 e. The third-order valence-electron chi connectivity index (χ3n) is 5.25. The number of rotatable bonds is 6. The largest absolute Gasteiger partial charge is 0.495 e. The number of benzene rings is 1. The molecule has 1 fully saturated rings. The summed E-state index contributed by atoms with van der Waals surface area (Å²) in [5.41, 5.74) is 2.07. The van der Waals surface area contributed by atoms with Gasteiger partial charge in [-0.2, -0.15) is 5.26 Å². The minimum absolute atomic E-state index is 0. The van der Waals surface area contributed by atoms with Crippen molar-refractivity contribution in [3.8, 4) is 17.6 Å². The molecule has 1 amide bonds. The first-order valence-corrected chi connectivity index (χ1v) is 10.0. The second-order valence-corrected chi connectivity index (χ2v) is 7.67. The van der Waals surface area contributed by atoms with E-state index in [4.69, 9.17) is 14.7 Å². The van der Waals surface area contributed by atoms with E-state index in [-0.39, 0.29) is 19.5 Å². The monoisotopic (exact) mass is 395 g/mol. The van der Waals surface area contributed by atoms with Crippen molar-refractivity contribution in [2.75, 3.05) is 7.11 Å². The zero-order valence-electron chi connectivity index (χ0n) is 17.1. The summed E-state index contributed by atoms with van der Waals surface area (Å²) in [7, 11) is 1.54. The fourth-order valence-electron chi connectivity index (χ4n) is 3.50. The van der Waals surface area contributed by atoms with Crippen molar-refractivity contribution in [2.24, 2.45) is 0 Å². The lowest BCUT2D eigenvalue weighted by Gasteiger charge is -2.29. The van der Waals surface area contributed by atoms with E-state index in [0.29, 0.717) is 28.5 Å². The van der Waals surface area contributed by atoms with Crippen LogP contribution in [0.25, 0.3) is 0 Å². The molecule has 0 bridgehead atoms. The Labute approximate surface area is 173 Å². The molecular formula is C23H29N3O3. The van der Waals surface area contributed by atoms with Gasteiger partial charge in [0.1, 0.15) is 17.6 Å². The molecule has 0 radical (unpaired) electrons. The van der Waals surface area contributed by atoms with E-state index >= 15 is 0 Å². The molecule has 1 saturated carbocycles. The van der Waals surface area contributed by atoms with E-state index in [9.17, 15) is 4.79 Å². The van der Waals surface area contributed by atoms with E-state index in [2.05, 4.69) is 30.2 Å². The second-order valence-electron chi connectivity index (χ2n) is 7.67. The van der Waals surface area contributed by atoms with Gasteiger partial charge in [0.05, 0.1) is 24.3 Å². The van der Waals surface area contributed by atoms with Crippen molar-refractivity contribution in [3.05, 3.63) is 53.3 Å². The molecule has 1 heterocycles. The lowest BCUT2D eigenvalue weighted by Crippen LogP contribution is -2.39. The molecule has 29 heavy (non-hydrogen) atoms. The van der Waals surface area contributed by atoms with Crippen molar-refractivity contribution in [2.45, 2.75) is 57.6 Å². The molecule has 0 aliphatic heterocycles. The van der Waals surface area contributed by atoms with Gasteiger partial charge in [-0.3, -0.25) is 9.78 Å². The van der Waals surface area contributed by atoms with Crippen molar-refractivity contribution in [1.29, 1.82) is 5.26 Å². The third kappa shape index (κ3) is 5.26. The van der Waals surface area contributed by atoms with Gasteiger partial charge in [0.15, 0.2) is 0 Å². The number of carbonyl (C=O) groups excluding carboxylic acids is 1. The first-order valence-electron chi connectivity index (χ1n) is 10.0. The quantitative estimate of drug-likeness (QED) is 0.781. The Bertz CT molecular complexity index is 886.